The van der Waals surface area contributed by atoms with E-state index in [0.717, 1.165) is 5.56 Å². The van der Waals surface area contributed by atoms with Crippen LogP contribution in [0.15, 0.2) is 58.6 Å². The number of methoxy groups -OCH3 is 1. The lowest BCUT2D eigenvalue weighted by Crippen LogP contribution is -2.40. The maximum absolute atomic E-state index is 13.1. The topological polar surface area (TPSA) is 127 Å². The van der Waals surface area contributed by atoms with Gasteiger partial charge < -0.3 is 14.8 Å². The van der Waals surface area contributed by atoms with Gasteiger partial charge in [-0.2, -0.15) is 4.31 Å². The molecule has 0 aliphatic carbocycles. The van der Waals surface area contributed by atoms with Gasteiger partial charge in [-0.3, -0.25) is 9.89 Å². The zero-order chi connectivity index (χ0) is 23.3. The van der Waals surface area contributed by atoms with Crippen LogP contribution in [-0.2, 0) is 19.6 Å². The van der Waals surface area contributed by atoms with Crippen LogP contribution in [0.4, 0.5) is 5.69 Å². The number of ether oxygens (including phenoxy) is 2. The second kappa shape index (κ2) is 10.3. The third-order valence-electron chi connectivity index (χ3n) is 4.88. The largest absolute Gasteiger partial charge is 0.495 e. The number of benzene rings is 2. The number of rotatable bonds is 8. The number of anilines is 1. The first kappa shape index (κ1) is 23.2. The van der Waals surface area contributed by atoms with Crippen LogP contribution in [0.2, 0.25) is 0 Å². The molecule has 1 amide bonds. The van der Waals surface area contributed by atoms with Crippen LogP contribution in [0.3, 0.4) is 0 Å². The van der Waals surface area contributed by atoms with Crippen molar-refractivity contribution in [2.24, 2.45) is 0 Å². The van der Waals surface area contributed by atoms with Crippen LogP contribution in [0.1, 0.15) is 0 Å². The Labute approximate surface area is 195 Å². The molecule has 1 saturated heterocycles. The van der Waals surface area contributed by atoms with Gasteiger partial charge in [-0.15, -0.1) is 5.10 Å². The van der Waals surface area contributed by atoms with Gasteiger partial charge in [0, 0.05) is 24.3 Å². The predicted octanol–water partition coefficient (Wildman–Crippen LogP) is 2.23. The molecule has 2 heterocycles. The number of sulfonamides is 1. The van der Waals surface area contributed by atoms with Gasteiger partial charge in [0.15, 0.2) is 5.82 Å². The summed E-state index contributed by atoms with van der Waals surface area (Å²) in [6.45, 7) is 1.20. The van der Waals surface area contributed by atoms with Crippen molar-refractivity contribution in [3.8, 4) is 17.1 Å². The summed E-state index contributed by atoms with van der Waals surface area (Å²) in [7, 11) is -2.39. The molecule has 0 saturated carbocycles. The SMILES string of the molecule is COc1ccc(NC(=O)CSc2n[nH]c(-c3ccccc3)n2)cc1S(=O)(=O)N1CCOCC1. The fourth-order valence-electron chi connectivity index (χ4n) is 3.25. The van der Waals surface area contributed by atoms with Crippen LogP contribution in [0.25, 0.3) is 11.4 Å². The van der Waals surface area contributed by atoms with E-state index >= 15 is 0 Å². The smallest absolute Gasteiger partial charge is 0.246 e. The molecule has 0 atom stereocenters. The molecule has 2 aromatic carbocycles. The first-order chi connectivity index (χ1) is 16.0. The van der Waals surface area contributed by atoms with Gasteiger partial charge in [0.05, 0.1) is 26.1 Å². The maximum Gasteiger partial charge on any atom is 0.246 e. The fourth-order valence-corrected chi connectivity index (χ4v) is 5.43. The molecule has 174 valence electrons. The van der Waals surface area contributed by atoms with E-state index in [1.54, 1.807) is 6.07 Å². The van der Waals surface area contributed by atoms with E-state index in [2.05, 4.69) is 20.5 Å². The first-order valence-electron chi connectivity index (χ1n) is 10.1. The van der Waals surface area contributed by atoms with Crippen LogP contribution in [0.5, 0.6) is 5.75 Å². The molecule has 4 rings (SSSR count). The molecular formula is C21H23N5O5S2. The molecule has 0 radical (unpaired) electrons. The van der Waals surface area contributed by atoms with Crippen molar-refractivity contribution >= 4 is 33.4 Å². The fraction of sp³-hybridized carbons (Fsp3) is 0.286. The average Bonchev–Trinajstić information content (AvgIpc) is 3.33. The molecule has 1 aliphatic heterocycles. The van der Waals surface area contributed by atoms with E-state index in [4.69, 9.17) is 9.47 Å². The van der Waals surface area contributed by atoms with Gasteiger partial charge >= 0.3 is 0 Å². The van der Waals surface area contributed by atoms with Crippen molar-refractivity contribution in [2.75, 3.05) is 44.5 Å². The van der Waals surface area contributed by atoms with Crippen molar-refractivity contribution in [3.63, 3.8) is 0 Å². The Morgan fingerprint density at radius 1 is 1.21 bits per heavy atom. The predicted molar refractivity (Wildman–Crippen MR) is 124 cm³/mol. The number of aromatic nitrogens is 3. The molecule has 0 bridgehead atoms. The number of nitrogens with one attached hydrogen (secondary N) is 2. The Hall–Kier alpha value is -2.93. The molecule has 3 aromatic rings. The van der Waals surface area contributed by atoms with Gasteiger partial charge in [-0.25, -0.2) is 13.4 Å². The van der Waals surface area contributed by atoms with Crippen LogP contribution >= 0.6 is 11.8 Å². The van der Waals surface area contributed by atoms with Gasteiger partial charge in [0.1, 0.15) is 10.6 Å². The van der Waals surface area contributed by atoms with Gasteiger partial charge in [0.2, 0.25) is 21.1 Å². The Morgan fingerprint density at radius 3 is 2.70 bits per heavy atom. The van der Waals surface area contributed by atoms with Crippen molar-refractivity contribution in [1.29, 1.82) is 0 Å². The quantitative estimate of drug-likeness (QED) is 0.461. The second-order valence-corrected chi connectivity index (χ2v) is 9.90. The number of carbonyl (C=O) groups is 1. The summed E-state index contributed by atoms with van der Waals surface area (Å²) in [6, 6.07) is 14.1. The van der Waals surface area contributed by atoms with Crippen molar-refractivity contribution in [2.45, 2.75) is 10.1 Å². The minimum Gasteiger partial charge on any atom is -0.495 e. The minimum absolute atomic E-state index is 0.00109. The Balaban J connectivity index is 1.42. The van der Waals surface area contributed by atoms with E-state index in [1.165, 1.54) is 35.3 Å². The highest BCUT2D eigenvalue weighted by Crippen LogP contribution is 2.30. The molecule has 1 aromatic heterocycles. The number of thioether (sulfide) groups is 1. The summed E-state index contributed by atoms with van der Waals surface area (Å²) >= 11 is 1.17. The summed E-state index contributed by atoms with van der Waals surface area (Å²) in [6.07, 6.45) is 0. The van der Waals surface area contributed by atoms with E-state index in [9.17, 15) is 13.2 Å². The summed E-state index contributed by atoms with van der Waals surface area (Å²) in [4.78, 5) is 16.9. The molecule has 2 N–H and O–H groups in total. The van der Waals surface area contributed by atoms with Crippen molar-refractivity contribution in [3.05, 3.63) is 48.5 Å². The van der Waals surface area contributed by atoms with Crippen LogP contribution in [0, 0.1) is 0 Å². The lowest BCUT2D eigenvalue weighted by Gasteiger charge is -2.26. The number of aromatic amines is 1. The molecular weight excluding hydrogens is 466 g/mol. The summed E-state index contributed by atoms with van der Waals surface area (Å²) in [5.41, 5.74) is 1.25. The molecule has 0 spiro atoms. The highest BCUT2D eigenvalue weighted by Gasteiger charge is 2.29. The van der Waals surface area contributed by atoms with E-state index in [1.807, 2.05) is 30.3 Å². The number of hydrogen-bond donors (Lipinski definition) is 2. The normalized spacial score (nSPS) is 14.7. The Kier molecular flexibility index (Phi) is 7.28. The molecule has 1 fully saturated rings. The van der Waals surface area contributed by atoms with E-state index < -0.39 is 10.0 Å². The van der Waals surface area contributed by atoms with Crippen molar-refractivity contribution in [1.82, 2.24) is 19.5 Å². The number of hydrogen-bond acceptors (Lipinski definition) is 8. The Bertz CT molecular complexity index is 1210. The zero-order valence-electron chi connectivity index (χ0n) is 17.9. The number of H-pyrrole nitrogens is 1. The zero-order valence-corrected chi connectivity index (χ0v) is 19.5. The monoisotopic (exact) mass is 489 g/mol. The standard InChI is InChI=1S/C21H23N5O5S2/c1-30-17-8-7-16(13-18(17)33(28,29)26-9-11-31-12-10-26)22-19(27)14-32-21-23-20(24-25-21)15-5-3-2-4-6-15/h2-8,13H,9-12,14H2,1H3,(H,22,27)(H,23,24,25). The van der Waals surface area contributed by atoms with Crippen LogP contribution in [-0.4, -0.2) is 73.0 Å². The van der Waals surface area contributed by atoms with E-state index in [-0.39, 0.29) is 35.4 Å². The molecule has 1 aliphatic rings. The van der Waals surface area contributed by atoms with Gasteiger partial charge in [0.25, 0.3) is 0 Å². The first-order valence-corrected chi connectivity index (χ1v) is 12.6. The number of carbonyl (C=O) groups excluding carboxylic acids is 1. The number of amides is 1. The highest BCUT2D eigenvalue weighted by atomic mass is 32.2. The lowest BCUT2D eigenvalue weighted by molar-refractivity contribution is -0.113. The number of morpholine rings is 1. The summed E-state index contributed by atoms with van der Waals surface area (Å²) < 4.78 is 38.0. The maximum atomic E-state index is 13.1. The summed E-state index contributed by atoms with van der Waals surface area (Å²) in [5.74, 6) is 0.574. The average molecular weight is 490 g/mol. The second-order valence-electron chi connectivity index (χ2n) is 7.05. The highest BCUT2D eigenvalue weighted by molar-refractivity contribution is 7.99. The Morgan fingerprint density at radius 2 is 1.97 bits per heavy atom. The lowest BCUT2D eigenvalue weighted by atomic mass is 10.2. The summed E-state index contributed by atoms with van der Waals surface area (Å²) in [5, 5.41) is 10.2. The molecule has 10 nitrogen and oxygen atoms in total. The minimum atomic E-state index is -3.79. The molecule has 33 heavy (non-hydrogen) atoms. The molecule has 12 heteroatoms. The van der Waals surface area contributed by atoms with Gasteiger partial charge in [-0.05, 0) is 18.2 Å². The molecule has 0 unspecified atom stereocenters. The van der Waals surface area contributed by atoms with E-state index in [0.29, 0.717) is 29.9 Å². The third-order valence-corrected chi connectivity index (χ3v) is 7.65. The van der Waals surface area contributed by atoms with Crippen molar-refractivity contribution < 1.29 is 22.7 Å². The van der Waals surface area contributed by atoms with Crippen LogP contribution < -0.4 is 10.1 Å². The number of nitrogens with zero attached hydrogens (tertiary/aromatic N) is 3. The van der Waals surface area contributed by atoms with Gasteiger partial charge in [-0.1, -0.05) is 42.1 Å². The third kappa shape index (κ3) is 5.53.